The molecule has 0 amide bonds. The molecule has 4 aromatic carbocycles. The Hall–Kier alpha value is -4.73. The normalized spacial score (nSPS) is 12.1. The molecule has 0 radical (unpaired) electrons. The summed E-state index contributed by atoms with van der Waals surface area (Å²) in [5.41, 5.74) is 9.81. The van der Waals surface area contributed by atoms with Crippen molar-refractivity contribution in [3.8, 4) is 34.1 Å². The Morgan fingerprint density at radius 3 is 2.19 bits per heavy atom. The van der Waals surface area contributed by atoms with Crippen LogP contribution in [0.2, 0.25) is 0 Å². The topological polar surface area (TPSA) is 63.2 Å². The molecule has 0 unspecified atom stereocenters. The maximum absolute atomic E-state index is 6.49. The zero-order valence-corrected chi connectivity index (χ0v) is 24.7. The van der Waals surface area contributed by atoms with E-state index in [1.807, 2.05) is 72.9 Å². The molecule has 6 heteroatoms. The van der Waals surface area contributed by atoms with Gasteiger partial charge in [0.15, 0.2) is 0 Å². The van der Waals surface area contributed by atoms with Gasteiger partial charge in [0.25, 0.3) is 0 Å². The zero-order valence-electron chi connectivity index (χ0n) is 22.5. The molecular weight excluding hydrogens is 700 g/mol. The molecule has 0 aliphatic carbocycles. The number of aromatic nitrogens is 3. The predicted octanol–water partition coefficient (Wildman–Crippen LogP) is 9.30. The Balaban J connectivity index is 0.00000288. The van der Waals surface area contributed by atoms with Crippen molar-refractivity contribution in [3.05, 3.63) is 138 Å². The molecule has 1 aliphatic heterocycles. The first-order chi connectivity index (χ1) is 20.3. The Morgan fingerprint density at radius 1 is 0.595 bits per heavy atom. The fourth-order valence-corrected chi connectivity index (χ4v) is 5.76. The number of fused-ring (bicyclic) bond motifs is 5. The smallest absolute Gasteiger partial charge is 0.656 e. The third-order valence-corrected chi connectivity index (χ3v) is 7.71. The zero-order chi connectivity index (χ0) is 27.2. The van der Waals surface area contributed by atoms with Gasteiger partial charge in [-0.1, -0.05) is 102 Å². The minimum absolute atomic E-state index is 0. The summed E-state index contributed by atoms with van der Waals surface area (Å²) in [6, 6.07) is 38.8. The van der Waals surface area contributed by atoms with Crippen LogP contribution in [0.4, 0.5) is 11.4 Å². The SMILES string of the molecule is [Pt+2].c1ccc(-c2cccc3c2[N-]c2c(cccc2Oc2cccc(-c4cccc5c4[n-]c4ccccc45)n2)CC3)nc1. The second kappa shape index (κ2) is 10.9. The molecule has 0 saturated heterocycles. The van der Waals surface area contributed by atoms with Crippen LogP contribution in [-0.2, 0) is 33.9 Å². The number of aryl methyl sites for hydroxylation is 2. The van der Waals surface area contributed by atoms with E-state index in [4.69, 9.17) is 20.0 Å². The molecule has 7 aromatic rings. The van der Waals surface area contributed by atoms with Crippen molar-refractivity contribution >= 4 is 33.2 Å². The molecule has 5 nitrogen and oxygen atoms in total. The van der Waals surface area contributed by atoms with Crippen molar-refractivity contribution in [1.29, 1.82) is 0 Å². The first-order valence-electron chi connectivity index (χ1n) is 13.8. The summed E-state index contributed by atoms with van der Waals surface area (Å²) in [5, 5.41) is 7.49. The summed E-state index contributed by atoms with van der Waals surface area (Å²) >= 11 is 0. The Morgan fingerprint density at radius 2 is 1.31 bits per heavy atom. The third kappa shape index (κ3) is 4.56. The van der Waals surface area contributed by atoms with E-state index in [2.05, 4.69) is 53.5 Å². The van der Waals surface area contributed by atoms with Crippen LogP contribution in [0.1, 0.15) is 11.1 Å². The van der Waals surface area contributed by atoms with Crippen molar-refractivity contribution in [2.75, 3.05) is 0 Å². The monoisotopic (exact) mass is 723 g/mol. The number of hydrogen-bond acceptors (Lipinski definition) is 3. The van der Waals surface area contributed by atoms with Crippen LogP contribution >= 0.6 is 0 Å². The summed E-state index contributed by atoms with van der Waals surface area (Å²) in [4.78, 5) is 14.5. The number of rotatable bonds is 4. The van der Waals surface area contributed by atoms with Gasteiger partial charge in [0.05, 0.1) is 11.4 Å². The Kier molecular flexibility index (Phi) is 6.81. The van der Waals surface area contributed by atoms with Crippen molar-refractivity contribution in [1.82, 2.24) is 15.0 Å². The molecular formula is C36H24N4OPt. The van der Waals surface area contributed by atoms with E-state index >= 15 is 0 Å². The summed E-state index contributed by atoms with van der Waals surface area (Å²) in [6.45, 7) is 0. The van der Waals surface area contributed by atoms with Crippen molar-refractivity contribution in [2.24, 2.45) is 0 Å². The summed E-state index contributed by atoms with van der Waals surface area (Å²) in [6.07, 6.45) is 3.59. The van der Waals surface area contributed by atoms with Crippen LogP contribution in [0.15, 0.2) is 121 Å². The average molecular weight is 724 g/mol. The standard InChI is InChI=1S/C36H24N4O.Pt/c1-2-16-30-25(11-1)26-12-7-14-28(36(26)39-30)31-17-8-19-33(38-31)41-32-18-6-10-24-21-20-23-9-5-13-27(34(23)40-35(24)32)29-15-3-4-22-37-29;/h1-19,22H,20-21H2;/q-2;+2. The van der Waals surface area contributed by atoms with Gasteiger partial charge in [0.2, 0.25) is 5.88 Å². The summed E-state index contributed by atoms with van der Waals surface area (Å²) < 4.78 is 6.49. The second-order valence-corrected chi connectivity index (χ2v) is 10.2. The number of para-hydroxylation sites is 4. The molecule has 3 aromatic heterocycles. The second-order valence-electron chi connectivity index (χ2n) is 10.2. The van der Waals surface area contributed by atoms with Gasteiger partial charge in [-0.3, -0.25) is 4.98 Å². The molecule has 42 heavy (non-hydrogen) atoms. The van der Waals surface area contributed by atoms with Gasteiger partial charge < -0.3 is 15.0 Å². The van der Waals surface area contributed by atoms with Gasteiger partial charge >= 0.3 is 21.1 Å². The molecule has 0 fully saturated rings. The number of pyridine rings is 2. The van der Waals surface area contributed by atoms with Crippen LogP contribution < -0.4 is 9.72 Å². The predicted molar refractivity (Wildman–Crippen MR) is 164 cm³/mol. The molecule has 0 spiro atoms. The number of nitrogens with zero attached hydrogens (tertiary/aromatic N) is 4. The van der Waals surface area contributed by atoms with E-state index < -0.39 is 0 Å². The molecule has 4 heterocycles. The van der Waals surface area contributed by atoms with Gasteiger partial charge in [-0.25, -0.2) is 4.98 Å². The van der Waals surface area contributed by atoms with Crippen molar-refractivity contribution in [3.63, 3.8) is 0 Å². The molecule has 1 aliphatic rings. The van der Waals surface area contributed by atoms with E-state index in [1.54, 1.807) is 0 Å². The maximum Gasteiger partial charge on any atom is 2.00 e. The summed E-state index contributed by atoms with van der Waals surface area (Å²) in [7, 11) is 0. The van der Waals surface area contributed by atoms with Crippen LogP contribution in [0, 0.1) is 0 Å². The minimum Gasteiger partial charge on any atom is -0.656 e. The fourth-order valence-electron chi connectivity index (χ4n) is 5.76. The van der Waals surface area contributed by atoms with Gasteiger partial charge in [-0.2, -0.15) is 0 Å². The summed E-state index contributed by atoms with van der Waals surface area (Å²) in [5.74, 6) is 1.20. The minimum atomic E-state index is 0. The van der Waals surface area contributed by atoms with Crippen LogP contribution in [0.25, 0.3) is 49.6 Å². The number of hydrogen-bond donors (Lipinski definition) is 0. The quantitative estimate of drug-likeness (QED) is 0.182. The largest absolute Gasteiger partial charge is 2.00 e. The van der Waals surface area contributed by atoms with E-state index in [1.165, 1.54) is 5.56 Å². The van der Waals surface area contributed by atoms with E-state index in [0.29, 0.717) is 11.6 Å². The van der Waals surface area contributed by atoms with E-state index in [-0.39, 0.29) is 21.1 Å². The molecule has 0 N–H and O–H groups in total. The van der Waals surface area contributed by atoms with Gasteiger partial charge in [-0.05, 0) is 59.0 Å². The van der Waals surface area contributed by atoms with Crippen LogP contribution in [0.3, 0.4) is 0 Å². The van der Waals surface area contributed by atoms with Crippen LogP contribution in [-0.4, -0.2) is 9.97 Å². The molecule has 0 bridgehead atoms. The molecule has 204 valence electrons. The van der Waals surface area contributed by atoms with E-state index in [9.17, 15) is 0 Å². The number of ether oxygens (including phenoxy) is 1. The first kappa shape index (κ1) is 26.2. The Labute approximate surface area is 257 Å². The Bertz CT molecular complexity index is 2070. The fraction of sp³-hybridized carbons (Fsp3) is 0.0556. The first-order valence-corrected chi connectivity index (χ1v) is 13.8. The molecule has 8 rings (SSSR count). The van der Waals surface area contributed by atoms with Gasteiger partial charge in [0.1, 0.15) is 5.75 Å². The maximum atomic E-state index is 6.49. The van der Waals surface area contributed by atoms with Crippen molar-refractivity contribution < 1.29 is 25.8 Å². The van der Waals surface area contributed by atoms with Gasteiger partial charge in [0, 0.05) is 12.3 Å². The molecule has 0 atom stereocenters. The van der Waals surface area contributed by atoms with Crippen LogP contribution in [0.5, 0.6) is 11.6 Å². The van der Waals surface area contributed by atoms with Gasteiger partial charge in [-0.15, -0.1) is 16.7 Å². The molecule has 0 saturated carbocycles. The number of benzene rings is 4. The van der Waals surface area contributed by atoms with Crippen molar-refractivity contribution in [2.45, 2.75) is 12.8 Å². The third-order valence-electron chi connectivity index (χ3n) is 7.71. The van der Waals surface area contributed by atoms with E-state index in [0.717, 1.165) is 74.1 Å². The average Bonchev–Trinajstić information content (AvgIpc) is 3.29.